The minimum absolute atomic E-state index is 0.0231. The van der Waals surface area contributed by atoms with E-state index < -0.39 is 24.7 Å². The van der Waals surface area contributed by atoms with Crippen LogP contribution in [0.4, 0.5) is 13.2 Å². The fourth-order valence-electron chi connectivity index (χ4n) is 2.03. The van der Waals surface area contributed by atoms with E-state index in [2.05, 4.69) is 5.16 Å². The second kappa shape index (κ2) is 9.63. The number of benzene rings is 2. The van der Waals surface area contributed by atoms with Crippen LogP contribution >= 0.6 is 0 Å². The largest absolute Gasteiger partial charge is 0.489 e. The van der Waals surface area contributed by atoms with E-state index in [9.17, 15) is 18.0 Å². The minimum atomic E-state index is -4.50. The number of halogens is 3. The van der Waals surface area contributed by atoms with Gasteiger partial charge in [0, 0.05) is 5.56 Å². The van der Waals surface area contributed by atoms with E-state index in [1.165, 1.54) is 6.92 Å². The third-order valence-electron chi connectivity index (χ3n) is 3.54. The van der Waals surface area contributed by atoms with Crippen LogP contribution in [0.2, 0.25) is 0 Å². The number of alkyl halides is 3. The van der Waals surface area contributed by atoms with Gasteiger partial charge in [0.1, 0.15) is 18.9 Å². The van der Waals surface area contributed by atoms with Crippen LogP contribution in [-0.4, -0.2) is 30.6 Å². The number of ether oxygens (including phenoxy) is 1. The summed E-state index contributed by atoms with van der Waals surface area (Å²) < 4.78 is 41.9. The third kappa shape index (κ3) is 7.18. The predicted molar refractivity (Wildman–Crippen MR) is 97.6 cm³/mol. The second-order valence-corrected chi connectivity index (χ2v) is 5.86. The lowest BCUT2D eigenvalue weighted by atomic mass is 10.2. The SMILES string of the molecule is CC(O/N=C(/N)c1ccc(OCc2ccccc2)cc1)C(=O)NCC(F)(F)F. The molecular weight excluding hydrogens is 375 g/mol. The zero-order chi connectivity index (χ0) is 20.6. The van der Waals surface area contributed by atoms with Crippen molar-refractivity contribution in [2.24, 2.45) is 10.9 Å². The molecule has 0 spiro atoms. The molecule has 9 heteroatoms. The summed E-state index contributed by atoms with van der Waals surface area (Å²) in [6.07, 6.45) is -5.73. The van der Waals surface area contributed by atoms with E-state index >= 15 is 0 Å². The van der Waals surface area contributed by atoms with Gasteiger partial charge in [-0.15, -0.1) is 0 Å². The molecule has 2 rings (SSSR count). The molecule has 0 aliphatic heterocycles. The zero-order valence-electron chi connectivity index (χ0n) is 15.1. The van der Waals surface area contributed by atoms with Crippen LogP contribution in [0.25, 0.3) is 0 Å². The first kappa shape index (κ1) is 21.1. The second-order valence-electron chi connectivity index (χ2n) is 5.86. The molecule has 0 bridgehead atoms. The van der Waals surface area contributed by atoms with Gasteiger partial charge in [-0.05, 0) is 36.8 Å². The van der Waals surface area contributed by atoms with Gasteiger partial charge in [0.05, 0.1) is 0 Å². The normalized spacial score (nSPS) is 12.9. The quantitative estimate of drug-likeness (QED) is 0.409. The van der Waals surface area contributed by atoms with E-state index in [-0.39, 0.29) is 5.84 Å². The van der Waals surface area contributed by atoms with Crippen LogP contribution in [0.5, 0.6) is 5.75 Å². The highest BCUT2D eigenvalue weighted by atomic mass is 19.4. The summed E-state index contributed by atoms with van der Waals surface area (Å²) in [4.78, 5) is 16.4. The predicted octanol–water partition coefficient (Wildman–Crippen LogP) is 2.97. The topological polar surface area (TPSA) is 85.9 Å². The van der Waals surface area contributed by atoms with Crippen molar-refractivity contribution in [2.45, 2.75) is 25.8 Å². The summed E-state index contributed by atoms with van der Waals surface area (Å²) in [6, 6.07) is 16.3. The number of hydrogen-bond acceptors (Lipinski definition) is 4. The van der Waals surface area contributed by atoms with Crippen LogP contribution < -0.4 is 15.8 Å². The summed E-state index contributed by atoms with van der Waals surface area (Å²) in [5.41, 5.74) is 7.31. The summed E-state index contributed by atoms with van der Waals surface area (Å²) in [6.45, 7) is 0.240. The van der Waals surface area contributed by atoms with Crippen molar-refractivity contribution in [3.8, 4) is 5.75 Å². The Hall–Kier alpha value is -3.23. The summed E-state index contributed by atoms with van der Waals surface area (Å²) in [5, 5.41) is 5.30. The van der Waals surface area contributed by atoms with Crippen molar-refractivity contribution >= 4 is 11.7 Å². The lowest BCUT2D eigenvalue weighted by molar-refractivity contribution is -0.145. The van der Waals surface area contributed by atoms with Crippen LogP contribution in [0.1, 0.15) is 18.1 Å². The molecule has 0 fully saturated rings. The van der Waals surface area contributed by atoms with Crippen LogP contribution in [0.15, 0.2) is 59.8 Å². The summed E-state index contributed by atoms with van der Waals surface area (Å²) in [7, 11) is 0. The van der Waals surface area contributed by atoms with Gasteiger partial charge in [0.15, 0.2) is 5.84 Å². The maximum atomic E-state index is 12.1. The first-order valence-electron chi connectivity index (χ1n) is 8.35. The Balaban J connectivity index is 1.85. The van der Waals surface area contributed by atoms with Crippen molar-refractivity contribution in [2.75, 3.05) is 6.54 Å². The number of carbonyl (C=O) groups is 1. The lowest BCUT2D eigenvalue weighted by Gasteiger charge is -2.12. The molecule has 6 nitrogen and oxygen atoms in total. The molecule has 3 N–H and O–H groups in total. The first-order valence-corrected chi connectivity index (χ1v) is 8.35. The fraction of sp³-hybridized carbons (Fsp3) is 0.263. The van der Waals surface area contributed by atoms with Crippen LogP contribution in [0.3, 0.4) is 0 Å². The van der Waals surface area contributed by atoms with Crippen molar-refractivity contribution < 1.29 is 27.5 Å². The monoisotopic (exact) mass is 395 g/mol. The van der Waals surface area contributed by atoms with Crippen molar-refractivity contribution in [1.29, 1.82) is 0 Å². The van der Waals surface area contributed by atoms with Crippen molar-refractivity contribution in [1.82, 2.24) is 5.32 Å². The van der Waals surface area contributed by atoms with Gasteiger partial charge in [-0.1, -0.05) is 35.5 Å². The molecule has 0 aliphatic carbocycles. The van der Waals surface area contributed by atoms with Gasteiger partial charge >= 0.3 is 6.18 Å². The molecular formula is C19H20F3N3O3. The first-order chi connectivity index (χ1) is 13.2. The average Bonchev–Trinajstić information content (AvgIpc) is 2.69. The van der Waals surface area contributed by atoms with E-state index in [1.807, 2.05) is 30.3 Å². The Morgan fingerprint density at radius 1 is 1.14 bits per heavy atom. The summed E-state index contributed by atoms with van der Waals surface area (Å²) in [5.74, 6) is -0.343. The smallest absolute Gasteiger partial charge is 0.405 e. The molecule has 0 saturated heterocycles. The standard InChI is InChI=1S/C19H20F3N3O3/c1-13(18(26)24-12-19(20,21)22)28-25-17(23)15-7-9-16(10-8-15)27-11-14-5-3-2-4-6-14/h2-10,13H,11-12H2,1H3,(H2,23,25)(H,24,26). The molecule has 1 amide bonds. The van der Waals surface area contributed by atoms with Gasteiger partial charge in [0.2, 0.25) is 6.10 Å². The number of rotatable bonds is 8. The van der Waals surface area contributed by atoms with E-state index in [4.69, 9.17) is 15.3 Å². The van der Waals surface area contributed by atoms with Gasteiger partial charge in [0.25, 0.3) is 5.91 Å². The molecule has 2 aromatic carbocycles. The molecule has 0 heterocycles. The number of amidine groups is 1. The Bertz CT molecular complexity index is 794. The number of nitrogens with two attached hydrogens (primary N) is 1. The molecule has 0 aliphatic rings. The minimum Gasteiger partial charge on any atom is -0.489 e. The highest BCUT2D eigenvalue weighted by Crippen LogP contribution is 2.15. The van der Waals surface area contributed by atoms with E-state index in [0.29, 0.717) is 17.9 Å². The van der Waals surface area contributed by atoms with Gasteiger partial charge in [-0.3, -0.25) is 4.79 Å². The maximum absolute atomic E-state index is 12.1. The van der Waals surface area contributed by atoms with E-state index in [1.54, 1.807) is 29.6 Å². The highest BCUT2D eigenvalue weighted by molar-refractivity contribution is 5.97. The Morgan fingerprint density at radius 3 is 2.39 bits per heavy atom. The van der Waals surface area contributed by atoms with Crippen LogP contribution in [0, 0.1) is 0 Å². The Kier molecular flexibility index (Phi) is 7.25. The number of hydrogen-bond donors (Lipinski definition) is 2. The zero-order valence-corrected chi connectivity index (χ0v) is 15.1. The molecule has 1 atom stereocenters. The highest BCUT2D eigenvalue weighted by Gasteiger charge is 2.29. The van der Waals surface area contributed by atoms with Gasteiger partial charge in [-0.2, -0.15) is 13.2 Å². The molecule has 150 valence electrons. The van der Waals surface area contributed by atoms with E-state index in [0.717, 1.165) is 5.56 Å². The van der Waals surface area contributed by atoms with Crippen molar-refractivity contribution in [3.63, 3.8) is 0 Å². The maximum Gasteiger partial charge on any atom is 0.405 e. The third-order valence-corrected chi connectivity index (χ3v) is 3.54. The average molecular weight is 395 g/mol. The van der Waals surface area contributed by atoms with Gasteiger partial charge < -0.3 is 20.6 Å². The van der Waals surface area contributed by atoms with Crippen LogP contribution in [-0.2, 0) is 16.2 Å². The fourth-order valence-corrected chi connectivity index (χ4v) is 2.03. The number of nitrogens with one attached hydrogen (secondary N) is 1. The number of carbonyl (C=O) groups excluding carboxylic acids is 1. The molecule has 28 heavy (non-hydrogen) atoms. The lowest BCUT2D eigenvalue weighted by Crippen LogP contribution is -2.39. The van der Waals surface area contributed by atoms with Gasteiger partial charge in [-0.25, -0.2) is 0 Å². The number of nitrogens with zero attached hydrogens (tertiary/aromatic N) is 1. The molecule has 0 aromatic heterocycles. The Labute approximate surface area is 160 Å². The molecule has 1 unspecified atom stereocenters. The Morgan fingerprint density at radius 2 is 1.79 bits per heavy atom. The number of amides is 1. The summed E-state index contributed by atoms with van der Waals surface area (Å²) >= 11 is 0. The molecule has 0 radical (unpaired) electrons. The molecule has 2 aromatic rings. The molecule has 0 saturated carbocycles. The number of oxime groups is 1. The van der Waals surface area contributed by atoms with Crippen molar-refractivity contribution in [3.05, 3.63) is 65.7 Å².